The molecule has 0 radical (unpaired) electrons. The van der Waals surface area contributed by atoms with Crippen LogP contribution in [0.1, 0.15) is 23.0 Å². The molecule has 1 N–H and O–H groups in total. The number of Topliss-reactive ketones (excluding diaryl/α,β-unsaturated/α-hetero) is 1. The summed E-state index contributed by atoms with van der Waals surface area (Å²) in [4.78, 5) is 18.8. The van der Waals surface area contributed by atoms with Crippen molar-refractivity contribution in [3.63, 3.8) is 0 Å². The van der Waals surface area contributed by atoms with Crippen LogP contribution in [0.4, 0.5) is 5.13 Å². The maximum atomic E-state index is 11.4. The average Bonchev–Trinajstić information content (AvgIpc) is 2.78. The summed E-state index contributed by atoms with van der Waals surface area (Å²) in [6, 6.07) is 0. The van der Waals surface area contributed by atoms with Crippen LogP contribution in [-0.2, 0) is 0 Å². The molecule has 2 heterocycles. The number of halogens is 1. The molecule has 4 nitrogen and oxygen atoms in total. The lowest BCUT2D eigenvalue weighted by Gasteiger charge is -2.26. The fraction of sp³-hybridized carbons (Fsp3) is 0.600. The van der Waals surface area contributed by atoms with E-state index >= 15 is 0 Å². The molecule has 1 aromatic heterocycles. The van der Waals surface area contributed by atoms with Crippen LogP contribution in [0.5, 0.6) is 0 Å². The number of nitrogens with zero attached hydrogens (tertiary/aromatic N) is 2. The predicted octanol–water partition coefficient (Wildman–Crippen LogP) is 1.57. The second-order valence-electron chi connectivity index (χ2n) is 3.52. The number of thiazole rings is 1. The third kappa shape index (κ3) is 2.93. The molecule has 0 aliphatic carbocycles. The quantitative estimate of drug-likeness (QED) is 0.839. The summed E-state index contributed by atoms with van der Waals surface area (Å²) < 4.78 is 0. The van der Waals surface area contributed by atoms with E-state index in [1.807, 2.05) is 6.92 Å². The number of rotatable bonds is 3. The molecule has 0 aromatic carbocycles. The summed E-state index contributed by atoms with van der Waals surface area (Å²) in [7, 11) is 0. The van der Waals surface area contributed by atoms with Crippen molar-refractivity contribution in [2.24, 2.45) is 0 Å². The van der Waals surface area contributed by atoms with Gasteiger partial charge in [0.2, 0.25) is 0 Å². The Balaban J connectivity index is 0.00000128. The molecular formula is C10H16ClN3OS. The third-order valence-corrected chi connectivity index (χ3v) is 3.58. The molecule has 1 saturated heterocycles. The topological polar surface area (TPSA) is 45.2 Å². The van der Waals surface area contributed by atoms with Crippen molar-refractivity contribution < 1.29 is 4.79 Å². The molecule has 1 aliphatic heterocycles. The van der Waals surface area contributed by atoms with Gasteiger partial charge in [-0.25, -0.2) is 4.98 Å². The minimum Gasteiger partial charge on any atom is -0.346 e. The third-order valence-electron chi connectivity index (χ3n) is 2.48. The van der Waals surface area contributed by atoms with Gasteiger partial charge >= 0.3 is 0 Å². The molecule has 1 aliphatic rings. The lowest BCUT2D eigenvalue weighted by atomic mass is 10.3. The second kappa shape index (κ2) is 6.18. The standard InChI is InChI=1S/C10H15N3OS.ClH/c1-2-8(14)9-7-12-10(15-9)13-5-3-11-4-6-13;/h7,11H,2-6H2,1H3;1H. The normalized spacial score (nSPS) is 15.7. The van der Waals surface area contributed by atoms with E-state index in [0.717, 1.165) is 36.2 Å². The number of aromatic nitrogens is 1. The lowest BCUT2D eigenvalue weighted by molar-refractivity contribution is 0.0992. The highest BCUT2D eigenvalue weighted by atomic mass is 35.5. The van der Waals surface area contributed by atoms with Crippen LogP contribution in [0, 0.1) is 0 Å². The van der Waals surface area contributed by atoms with Gasteiger partial charge in [0.15, 0.2) is 10.9 Å². The highest BCUT2D eigenvalue weighted by Gasteiger charge is 2.15. The summed E-state index contributed by atoms with van der Waals surface area (Å²) in [5, 5.41) is 4.27. The largest absolute Gasteiger partial charge is 0.346 e. The molecular weight excluding hydrogens is 246 g/mol. The zero-order valence-corrected chi connectivity index (χ0v) is 10.9. The summed E-state index contributed by atoms with van der Waals surface area (Å²) in [5.41, 5.74) is 0. The van der Waals surface area contributed by atoms with E-state index in [1.165, 1.54) is 11.3 Å². The number of ketones is 1. The first-order chi connectivity index (χ1) is 7.31. The summed E-state index contributed by atoms with van der Waals surface area (Å²) in [5.74, 6) is 0.189. The molecule has 0 bridgehead atoms. The smallest absolute Gasteiger partial charge is 0.186 e. The van der Waals surface area contributed by atoms with Crippen molar-refractivity contribution in [3.8, 4) is 0 Å². The molecule has 90 valence electrons. The number of carbonyl (C=O) groups excluding carboxylic acids is 1. The zero-order chi connectivity index (χ0) is 10.7. The van der Waals surface area contributed by atoms with Crippen molar-refractivity contribution in [2.75, 3.05) is 31.1 Å². The Morgan fingerprint density at radius 2 is 2.25 bits per heavy atom. The molecule has 6 heteroatoms. The monoisotopic (exact) mass is 261 g/mol. The predicted molar refractivity (Wildman–Crippen MR) is 69.1 cm³/mol. The number of anilines is 1. The molecule has 1 fully saturated rings. The van der Waals surface area contributed by atoms with E-state index < -0.39 is 0 Å². The number of carbonyl (C=O) groups is 1. The lowest BCUT2D eigenvalue weighted by Crippen LogP contribution is -2.43. The number of hydrogen-bond acceptors (Lipinski definition) is 5. The van der Waals surface area contributed by atoms with Crippen molar-refractivity contribution in [3.05, 3.63) is 11.1 Å². The summed E-state index contributed by atoms with van der Waals surface area (Å²) in [6.45, 7) is 5.83. The first kappa shape index (κ1) is 13.4. The zero-order valence-electron chi connectivity index (χ0n) is 9.23. The van der Waals surface area contributed by atoms with Crippen LogP contribution < -0.4 is 10.2 Å². The van der Waals surface area contributed by atoms with E-state index in [4.69, 9.17) is 0 Å². The van der Waals surface area contributed by atoms with Gasteiger partial charge in [0.25, 0.3) is 0 Å². The Morgan fingerprint density at radius 1 is 1.56 bits per heavy atom. The van der Waals surface area contributed by atoms with E-state index in [9.17, 15) is 4.79 Å². The highest BCUT2D eigenvalue weighted by Crippen LogP contribution is 2.23. The SMILES string of the molecule is CCC(=O)c1cnc(N2CCNCC2)s1.Cl. The van der Waals surface area contributed by atoms with Crippen LogP contribution >= 0.6 is 23.7 Å². The average molecular weight is 262 g/mol. The van der Waals surface area contributed by atoms with Gasteiger partial charge in [-0.15, -0.1) is 12.4 Å². The first-order valence-corrected chi connectivity index (χ1v) is 6.07. The van der Waals surface area contributed by atoms with Crippen LogP contribution in [0.2, 0.25) is 0 Å². The van der Waals surface area contributed by atoms with Gasteiger partial charge < -0.3 is 10.2 Å². The van der Waals surface area contributed by atoms with Crippen molar-refractivity contribution >= 4 is 34.7 Å². The van der Waals surface area contributed by atoms with E-state index in [1.54, 1.807) is 6.20 Å². The van der Waals surface area contributed by atoms with Gasteiger partial charge in [-0.2, -0.15) is 0 Å². The van der Waals surface area contributed by atoms with Gasteiger partial charge in [-0.05, 0) is 0 Å². The number of piperazine rings is 1. The van der Waals surface area contributed by atoms with Gasteiger partial charge in [0.05, 0.1) is 11.1 Å². The molecule has 0 unspecified atom stereocenters. The molecule has 0 atom stereocenters. The van der Waals surface area contributed by atoms with Gasteiger partial charge in [-0.3, -0.25) is 4.79 Å². The fourth-order valence-corrected chi connectivity index (χ4v) is 2.55. The molecule has 2 rings (SSSR count). The van der Waals surface area contributed by atoms with Crippen molar-refractivity contribution in [2.45, 2.75) is 13.3 Å². The van der Waals surface area contributed by atoms with Crippen LogP contribution in [0.3, 0.4) is 0 Å². The molecule has 16 heavy (non-hydrogen) atoms. The maximum Gasteiger partial charge on any atom is 0.186 e. The van der Waals surface area contributed by atoms with Crippen molar-refractivity contribution in [1.82, 2.24) is 10.3 Å². The van der Waals surface area contributed by atoms with Crippen molar-refractivity contribution in [1.29, 1.82) is 0 Å². The fourth-order valence-electron chi connectivity index (χ4n) is 1.57. The molecule has 0 spiro atoms. The minimum atomic E-state index is 0. The second-order valence-corrected chi connectivity index (χ2v) is 4.53. The summed E-state index contributed by atoms with van der Waals surface area (Å²) in [6.07, 6.45) is 2.26. The Morgan fingerprint density at radius 3 is 2.88 bits per heavy atom. The molecule has 1 aromatic rings. The molecule has 0 amide bonds. The van der Waals surface area contributed by atoms with Gasteiger partial charge in [0.1, 0.15) is 0 Å². The summed E-state index contributed by atoms with van der Waals surface area (Å²) >= 11 is 1.51. The van der Waals surface area contributed by atoms with Gasteiger partial charge in [0, 0.05) is 32.6 Å². The number of hydrogen-bond donors (Lipinski definition) is 1. The van der Waals surface area contributed by atoms with Crippen LogP contribution in [0.25, 0.3) is 0 Å². The minimum absolute atomic E-state index is 0. The number of nitrogens with one attached hydrogen (secondary N) is 1. The van der Waals surface area contributed by atoms with Crippen LogP contribution in [-0.4, -0.2) is 36.9 Å². The maximum absolute atomic E-state index is 11.4. The van der Waals surface area contributed by atoms with E-state index in [2.05, 4.69) is 15.2 Å². The Bertz CT molecular complexity index is 350. The van der Waals surface area contributed by atoms with Gasteiger partial charge in [-0.1, -0.05) is 18.3 Å². The van der Waals surface area contributed by atoms with E-state index in [-0.39, 0.29) is 18.2 Å². The Labute approximate surface area is 105 Å². The van der Waals surface area contributed by atoms with E-state index in [0.29, 0.717) is 6.42 Å². The first-order valence-electron chi connectivity index (χ1n) is 5.26. The highest BCUT2D eigenvalue weighted by molar-refractivity contribution is 7.17. The molecule has 0 saturated carbocycles. The Kier molecular flexibility index (Phi) is 5.18. The van der Waals surface area contributed by atoms with Crippen LogP contribution in [0.15, 0.2) is 6.20 Å². The Hall–Kier alpha value is -0.650.